The summed E-state index contributed by atoms with van der Waals surface area (Å²) in [6.07, 6.45) is 0.707. The first-order valence-corrected chi connectivity index (χ1v) is 6.61. The van der Waals surface area contributed by atoms with Gasteiger partial charge in [0.2, 0.25) is 0 Å². The first-order valence-electron chi connectivity index (χ1n) is 6.61. The minimum Gasteiger partial charge on any atom is -0.478 e. The lowest BCUT2D eigenvalue weighted by atomic mass is 10.0. The molecule has 4 heteroatoms. The van der Waals surface area contributed by atoms with E-state index in [9.17, 15) is 4.79 Å². The molecule has 0 saturated carbocycles. The summed E-state index contributed by atoms with van der Waals surface area (Å²) in [7, 11) is 2.00. The maximum absolute atomic E-state index is 11.1. The van der Waals surface area contributed by atoms with Crippen LogP contribution in [-0.2, 0) is 13.0 Å². The number of furan rings is 1. The predicted molar refractivity (Wildman–Crippen MR) is 76.9 cm³/mol. The van der Waals surface area contributed by atoms with Crippen LogP contribution in [0.15, 0.2) is 40.8 Å². The summed E-state index contributed by atoms with van der Waals surface area (Å²) in [6, 6.07) is 11.1. The third kappa shape index (κ3) is 3.71. The van der Waals surface area contributed by atoms with Gasteiger partial charge in [-0.2, -0.15) is 0 Å². The van der Waals surface area contributed by atoms with E-state index in [2.05, 4.69) is 4.90 Å². The minimum absolute atomic E-state index is 0.384. The smallest absolute Gasteiger partial charge is 0.335 e. The maximum atomic E-state index is 11.1. The van der Waals surface area contributed by atoms with Gasteiger partial charge < -0.3 is 9.52 Å². The molecule has 0 unspecified atom stereocenters. The molecule has 2 rings (SSSR count). The third-order valence-electron chi connectivity index (χ3n) is 3.23. The van der Waals surface area contributed by atoms with Gasteiger partial charge in [-0.1, -0.05) is 18.2 Å². The summed E-state index contributed by atoms with van der Waals surface area (Å²) in [5, 5.41) is 9.14. The molecule has 0 spiro atoms. The molecule has 0 fully saturated rings. The van der Waals surface area contributed by atoms with Crippen LogP contribution in [0.2, 0.25) is 0 Å². The van der Waals surface area contributed by atoms with Crippen LogP contribution in [-0.4, -0.2) is 29.6 Å². The molecule has 0 saturated heterocycles. The number of hydrogen-bond donors (Lipinski definition) is 1. The fourth-order valence-corrected chi connectivity index (χ4v) is 2.17. The topological polar surface area (TPSA) is 53.7 Å². The average Bonchev–Trinajstić information content (AvgIpc) is 2.82. The molecule has 0 aliphatic heterocycles. The normalized spacial score (nSPS) is 10.9. The molecule has 2 aromatic rings. The Morgan fingerprint density at radius 3 is 2.65 bits per heavy atom. The number of aromatic carboxylic acids is 1. The highest BCUT2D eigenvalue weighted by Gasteiger charge is 2.10. The molecule has 0 aliphatic carbocycles. The molecule has 1 aromatic heterocycles. The van der Waals surface area contributed by atoms with Crippen LogP contribution in [0.3, 0.4) is 0 Å². The van der Waals surface area contributed by atoms with Crippen LogP contribution in [0.4, 0.5) is 0 Å². The van der Waals surface area contributed by atoms with E-state index in [0.29, 0.717) is 12.0 Å². The van der Waals surface area contributed by atoms with Crippen molar-refractivity contribution in [3.05, 3.63) is 59.0 Å². The fraction of sp³-hybridized carbons (Fsp3) is 0.312. The molecule has 106 valence electrons. The van der Waals surface area contributed by atoms with Gasteiger partial charge in [0, 0.05) is 6.54 Å². The molecule has 20 heavy (non-hydrogen) atoms. The predicted octanol–water partition coefficient (Wildman–Crippen LogP) is 2.96. The minimum atomic E-state index is -0.870. The molecule has 0 radical (unpaired) electrons. The SMILES string of the molecule is Cc1ccc(CN(C)CCc2ccccc2C(=O)O)o1. The molecule has 0 atom stereocenters. The van der Waals surface area contributed by atoms with Crippen LogP contribution >= 0.6 is 0 Å². The molecule has 1 aromatic carbocycles. The molecule has 0 bridgehead atoms. The van der Waals surface area contributed by atoms with Crippen molar-refractivity contribution in [1.29, 1.82) is 0 Å². The Bertz CT molecular complexity index is 589. The number of hydrogen-bond acceptors (Lipinski definition) is 3. The number of carboxylic acids is 1. The summed E-state index contributed by atoms with van der Waals surface area (Å²) < 4.78 is 5.53. The van der Waals surface area contributed by atoms with Gasteiger partial charge in [-0.25, -0.2) is 4.79 Å². The maximum Gasteiger partial charge on any atom is 0.335 e. The first-order chi connectivity index (χ1) is 9.56. The zero-order chi connectivity index (χ0) is 14.5. The van der Waals surface area contributed by atoms with E-state index in [-0.39, 0.29) is 0 Å². The number of carboxylic acid groups (broad SMARTS) is 1. The summed E-state index contributed by atoms with van der Waals surface area (Å²) in [4.78, 5) is 13.3. The molecule has 1 N–H and O–H groups in total. The largest absolute Gasteiger partial charge is 0.478 e. The fourth-order valence-electron chi connectivity index (χ4n) is 2.17. The number of carbonyl (C=O) groups is 1. The highest BCUT2D eigenvalue weighted by Crippen LogP contribution is 2.12. The van der Waals surface area contributed by atoms with Crippen LogP contribution in [0, 0.1) is 6.92 Å². The number of benzene rings is 1. The number of likely N-dealkylation sites (N-methyl/N-ethyl adjacent to an activating group) is 1. The number of rotatable bonds is 6. The standard InChI is InChI=1S/C16H19NO3/c1-12-7-8-14(20-12)11-17(2)10-9-13-5-3-4-6-15(13)16(18)19/h3-8H,9-11H2,1-2H3,(H,18,19). The lowest BCUT2D eigenvalue weighted by Gasteiger charge is -2.15. The van der Waals surface area contributed by atoms with Crippen molar-refractivity contribution in [2.45, 2.75) is 19.9 Å². The van der Waals surface area contributed by atoms with Gasteiger partial charge in [0.1, 0.15) is 11.5 Å². The van der Waals surface area contributed by atoms with Gasteiger partial charge in [0.15, 0.2) is 0 Å². The third-order valence-corrected chi connectivity index (χ3v) is 3.23. The van der Waals surface area contributed by atoms with Crippen molar-refractivity contribution in [3.63, 3.8) is 0 Å². The van der Waals surface area contributed by atoms with Crippen molar-refractivity contribution in [2.24, 2.45) is 0 Å². The second-order valence-corrected chi connectivity index (χ2v) is 4.96. The highest BCUT2D eigenvalue weighted by molar-refractivity contribution is 5.89. The lowest BCUT2D eigenvalue weighted by molar-refractivity contribution is 0.0695. The van der Waals surface area contributed by atoms with Gasteiger partial charge in [-0.3, -0.25) is 4.90 Å². The number of nitrogens with zero attached hydrogens (tertiary/aromatic N) is 1. The second kappa shape index (κ2) is 6.39. The zero-order valence-electron chi connectivity index (χ0n) is 11.8. The summed E-state index contributed by atoms with van der Waals surface area (Å²) in [5.41, 5.74) is 1.25. The van der Waals surface area contributed by atoms with Crippen molar-refractivity contribution in [1.82, 2.24) is 4.90 Å². The molecule has 4 nitrogen and oxygen atoms in total. The van der Waals surface area contributed by atoms with Gasteiger partial charge in [-0.05, 0) is 44.2 Å². The molecular formula is C16H19NO3. The van der Waals surface area contributed by atoms with Gasteiger partial charge in [-0.15, -0.1) is 0 Å². The van der Waals surface area contributed by atoms with Gasteiger partial charge in [0.25, 0.3) is 0 Å². The first kappa shape index (κ1) is 14.3. The van der Waals surface area contributed by atoms with Crippen molar-refractivity contribution in [3.8, 4) is 0 Å². The summed E-state index contributed by atoms with van der Waals surface area (Å²) >= 11 is 0. The Hall–Kier alpha value is -2.07. The van der Waals surface area contributed by atoms with Crippen molar-refractivity contribution in [2.75, 3.05) is 13.6 Å². The van der Waals surface area contributed by atoms with Gasteiger partial charge >= 0.3 is 5.97 Å². The van der Waals surface area contributed by atoms with E-state index in [0.717, 1.165) is 30.2 Å². The zero-order valence-corrected chi connectivity index (χ0v) is 11.8. The molecular weight excluding hydrogens is 254 g/mol. The Balaban J connectivity index is 1.93. The van der Waals surface area contributed by atoms with Crippen LogP contribution < -0.4 is 0 Å². The average molecular weight is 273 g/mol. The lowest BCUT2D eigenvalue weighted by Crippen LogP contribution is -2.21. The Kier molecular flexibility index (Phi) is 4.58. The molecule has 0 aliphatic rings. The summed E-state index contributed by atoms with van der Waals surface area (Å²) in [5.74, 6) is 0.964. The van der Waals surface area contributed by atoms with E-state index in [1.54, 1.807) is 12.1 Å². The van der Waals surface area contributed by atoms with Crippen LogP contribution in [0.5, 0.6) is 0 Å². The van der Waals surface area contributed by atoms with Crippen molar-refractivity contribution >= 4 is 5.97 Å². The van der Waals surface area contributed by atoms with E-state index in [1.807, 2.05) is 38.2 Å². The van der Waals surface area contributed by atoms with Gasteiger partial charge in [0.05, 0.1) is 12.1 Å². The highest BCUT2D eigenvalue weighted by atomic mass is 16.4. The van der Waals surface area contributed by atoms with E-state index < -0.39 is 5.97 Å². The Labute approximate surface area is 118 Å². The monoisotopic (exact) mass is 273 g/mol. The Morgan fingerprint density at radius 1 is 1.25 bits per heavy atom. The van der Waals surface area contributed by atoms with E-state index in [4.69, 9.17) is 9.52 Å². The molecule has 1 heterocycles. The quantitative estimate of drug-likeness (QED) is 0.879. The van der Waals surface area contributed by atoms with Crippen LogP contribution in [0.25, 0.3) is 0 Å². The summed E-state index contributed by atoms with van der Waals surface area (Å²) in [6.45, 7) is 3.43. The molecule has 0 amide bonds. The number of aryl methyl sites for hydroxylation is 1. The van der Waals surface area contributed by atoms with E-state index in [1.165, 1.54) is 0 Å². The van der Waals surface area contributed by atoms with Crippen LogP contribution in [0.1, 0.15) is 27.4 Å². The second-order valence-electron chi connectivity index (χ2n) is 4.96. The van der Waals surface area contributed by atoms with E-state index >= 15 is 0 Å². The van der Waals surface area contributed by atoms with Crippen molar-refractivity contribution < 1.29 is 14.3 Å². The Morgan fingerprint density at radius 2 is 2.00 bits per heavy atom.